The molecule has 0 bridgehead atoms. The minimum atomic E-state index is -0.278. The van der Waals surface area contributed by atoms with Gasteiger partial charge in [0.1, 0.15) is 0 Å². The van der Waals surface area contributed by atoms with E-state index in [4.69, 9.17) is 0 Å². The molecule has 0 unspecified atom stereocenters. The molecule has 0 saturated heterocycles. The second kappa shape index (κ2) is 429. The Morgan fingerprint density at radius 1 is 0.982 bits per heavy atom. The zero-order chi connectivity index (χ0) is 3.58. The van der Waals surface area contributed by atoms with Gasteiger partial charge in [0.25, 0.3) is 0 Å². The van der Waals surface area contributed by atoms with E-state index in [0.29, 0.717) is 0 Å². The molecule has 0 spiro atoms. The van der Waals surface area contributed by atoms with E-state index in [0.717, 1.165) is 0 Å². The summed E-state index contributed by atoms with van der Waals surface area (Å²) in [6.07, 6.45) is 0. The van der Waals surface area contributed by atoms with Gasteiger partial charge in [0.15, 0.2) is 17.4 Å². The van der Waals surface area contributed by atoms with E-state index in [1.807, 2.05) is 0 Å². The van der Waals surface area contributed by atoms with Gasteiger partial charge in [0.05, 0.1) is 0 Å². The smallest absolute Gasteiger partial charge is 0 e. The molecule has 0 heterocycles. The fourth-order valence-electron chi connectivity index (χ4n) is 0. The van der Waals surface area contributed by atoms with E-state index >= 15 is 0 Å². The topological polar surface area (TPSA) is 0 Å². The second-order valence-electron chi connectivity index (χ2n) is 0.192. The van der Waals surface area contributed by atoms with Gasteiger partial charge in [-0.25, -0.2) is 0 Å². The molecule has 0 atom stereocenters. The molecule has 23 radical (unpaired) electrons. The predicted molar refractivity (Wildman–Crippen MR) is 186 cm³/mol. The summed E-state index contributed by atoms with van der Waals surface area (Å²) in [6, 6.07) is 0. The van der Waals surface area contributed by atoms with Crippen LogP contribution >= 0.6 is 59.9 Å². The van der Waals surface area contributed by atoms with Crippen molar-refractivity contribution in [2.45, 2.75) is 14.9 Å². The van der Waals surface area contributed by atoms with Crippen LogP contribution in [0, 0.1) is 36.9 Å². The summed E-state index contributed by atoms with van der Waals surface area (Å²) in [6.45, 7) is 0. The summed E-state index contributed by atoms with van der Waals surface area (Å²) in [5, 5.41) is 0. The number of rotatable bonds is 0. The van der Waals surface area contributed by atoms with Crippen LogP contribution in [0.3, 0.4) is 0 Å². The number of halogens is 3. The Bertz CT molecular complexity index is 364. The molecule has 0 saturated carbocycles. The van der Waals surface area contributed by atoms with Gasteiger partial charge in [0, 0.05) is 662 Å². The van der Waals surface area contributed by atoms with Crippen molar-refractivity contribution in [3.8, 4) is 0 Å². The van der Waals surface area contributed by atoms with Crippen molar-refractivity contribution in [3.05, 3.63) is 0 Å². The van der Waals surface area contributed by atoms with Crippen LogP contribution in [0.5, 0.6) is 0 Å². The zero-order valence-electron chi connectivity index (χ0n) is 39.8. The molecule has 0 aliphatic heterocycles. The molecule has 334 valence electrons. The van der Waals surface area contributed by atoms with Crippen molar-refractivity contribution in [2.75, 3.05) is 0 Å². The molecule has 0 fully saturated rings. The first-order valence-electron chi connectivity index (χ1n) is 0.507. The van der Waals surface area contributed by atoms with Crippen LogP contribution in [0.1, 0.15) is 36.3 Å². The summed E-state index contributed by atoms with van der Waals surface area (Å²) in [4.78, 5) is -0.278. The molecule has 0 amide bonds. The van der Waals surface area contributed by atoms with Crippen molar-refractivity contribution in [1.82, 2.24) is 0 Å². The average molecular weight is 5240 g/mol. The maximum absolute atomic E-state index is 2.46. The fraction of sp³-hybridized carbons (Fsp3) is 1.00. The molecular formula is C2H47AgAlAuBBaBeCaCdCo2CrCsCuFeGaGeHfHgI3InKLiLuMgMnMoNaNbNiOsPbPdPtRbReRhRuScSiSnSrTaTcTiTlV2WYZnZr. The molecular weight excluding hydrogens is 5190 g/mol. The van der Waals surface area contributed by atoms with Crippen LogP contribution in [0.15, 0.2) is 0 Å². The minimum absolute atomic E-state index is 0. The maximum Gasteiger partial charge on any atom is 0 e. The third-order valence-corrected chi connectivity index (χ3v) is 0. The number of hydrogen-bond acceptors (Lipinski definition) is 0. The molecule has 0 aromatic rings. The molecule has 55 heavy (non-hydrogen) atoms. The van der Waals surface area contributed by atoms with Gasteiger partial charge in [-0.2, -0.15) is 0 Å². The molecule has 53 heteroatoms. The van der Waals surface area contributed by atoms with E-state index in [1.165, 1.54) is 0 Å². The Labute approximate surface area is 1280 Å². The standard InChI is InChI=1S/2CH4.Ag.Al.Au.B.Ba.Be.Ca.Cd.2Co.Cr.Cs.Cu.Fe.Ga.GeH4.Hf.Hg.3HI.In.K.Li.Lu.Mg.Mn.Mo.Na.Nb.Ni.Os.Pb.Pd.Pt.Rb.Re.Rh.Ru.Sc.H4Si.Sn.Sr.Ta.Tc.Ti.Tl.2V.W.Y.Zn.Zr.31H/h2*1H4;;;;;;;;;;;;;;;;1H4;;;3*1H;;;;;;;;;;;;;;;;;;;;1H4;;;;;;;;;;;;;;;;;;;;;;;;;;;;;;;;;;;;;;;;;;;/q;;;;;;3*+2;;;;;+1;;;;;;;;;;;2*+1;;+2;;;+1;;;;;;;+1;;;;;;;+2;;;;;;+3;;;;;;;;;;;;;;;;;;;;;15*-1/p-3. The van der Waals surface area contributed by atoms with Crippen LogP contribution in [0.25, 0.3) is 0 Å². The molecule has 0 N–H and O–H groups in total. The van der Waals surface area contributed by atoms with Crippen molar-refractivity contribution in [1.29, 1.82) is 0 Å². The zero-order valence-corrected chi connectivity index (χ0v) is 134. The summed E-state index contributed by atoms with van der Waals surface area (Å²) in [5.41, 5.74) is 0. The van der Waals surface area contributed by atoms with Crippen molar-refractivity contribution in [2.24, 2.45) is 0 Å². The normalized spacial score (nSPS) is 0.655. The summed E-state index contributed by atoms with van der Waals surface area (Å²) in [7, 11) is 0. The molecule has 0 rings (SSSR count). The van der Waals surface area contributed by atoms with Gasteiger partial charge in [-0.05, 0) is 11.0 Å². The van der Waals surface area contributed by atoms with Crippen LogP contribution < -0.4 is 227 Å². The monoisotopic (exact) mass is 5250 g/mol. The van der Waals surface area contributed by atoms with Gasteiger partial charge in [-0.1, -0.05) is 14.9 Å². The molecule has 0 nitrogen and oxygen atoms in total. The first kappa shape index (κ1) is 442. The van der Waals surface area contributed by atoms with Crippen molar-refractivity contribution < 1.29 is 906 Å². The van der Waals surface area contributed by atoms with Gasteiger partial charge in [0.2, 0.25) is 0 Å². The molecule has 0 aliphatic rings. The maximum atomic E-state index is 2.46. The third kappa shape index (κ3) is 482. The SMILES string of the molecule is C.C.[Ag].[AlH3].[Au].[B].[Ba+2].[Be+2].[Ca+2].[Cd].[Co].[Co].[Cr].[Cs+].[Cu].[Fe].[GaH3].[GeH4].[H-].[H-].[H-].[H-].[H-].[H-].[H-].[H-].[H-].[H-].[H-].[H-].[H-].[H-].[H-].[Hf].[Hg].[I][V]([I])[I].[InH3].[K+].[Li+].[Lu].[Mg+2].[Mn].[Mo].[Na+].[Nb].[Ni].[Os].[PbH2].[Pd].[Pt].[Rb+].[Re].[Rh].[Ru].[Sc].[SiH4].[SnH2].[Sr+2].[Ta].[Tc].[Ti].[TlH3].[V].[W].[Y].[Zn].[Zr]. The first-order valence-corrected chi connectivity index (χ1v) is 14.0. The third-order valence-electron chi connectivity index (χ3n) is 0. The largest absolute Gasteiger partial charge is 0 e. The molecule has 0 aromatic heterocycles. The Balaban J connectivity index is -0.0000000000210. The van der Waals surface area contributed by atoms with Gasteiger partial charge < -0.3 is 21.4 Å². The Kier molecular flexibility index (Phi) is 3450. The van der Waals surface area contributed by atoms with E-state index in [1.54, 1.807) is 0 Å². The Morgan fingerprint density at radius 2 is 0.982 bits per heavy atom. The van der Waals surface area contributed by atoms with Gasteiger partial charge in [-0.3, -0.25) is 0 Å². The molecule has 0 aliphatic carbocycles. The van der Waals surface area contributed by atoms with E-state index in [2.05, 4.69) is 59.9 Å². The summed E-state index contributed by atoms with van der Waals surface area (Å²) < 4.78 is 0. The molecule has 0 aromatic carbocycles. The van der Waals surface area contributed by atoms with Crippen LogP contribution in [-0.2, 0) is 621 Å². The van der Waals surface area contributed by atoms with E-state index in [9.17, 15) is 0 Å². The van der Waals surface area contributed by atoms with E-state index in [-0.39, 0.29) is 1270 Å². The second-order valence-corrected chi connectivity index (χ2v) is 35.6. The quantitative estimate of drug-likeness (QED) is 0.168. The fourth-order valence-corrected chi connectivity index (χ4v) is 0. The number of hydrogen-bond donors (Lipinski definition) is 0. The van der Waals surface area contributed by atoms with Crippen molar-refractivity contribution in [3.63, 3.8) is 0 Å². The minimum Gasteiger partial charge on any atom is 0 e. The first-order chi connectivity index (χ1) is 1.73. The van der Waals surface area contributed by atoms with Crippen molar-refractivity contribution >= 4 is 404 Å². The van der Waals surface area contributed by atoms with Crippen LogP contribution in [0.4, 0.5) is 0 Å². The van der Waals surface area contributed by atoms with Crippen LogP contribution in [-0.4, -0.2) is 344 Å². The van der Waals surface area contributed by atoms with Gasteiger partial charge >= 0.3 is 599 Å². The Hall–Kier alpha value is 41.8. The summed E-state index contributed by atoms with van der Waals surface area (Å²) >= 11 is 7.39. The predicted octanol–water partition coefficient (Wildman–Crippen LogP) is -21.2. The van der Waals surface area contributed by atoms with E-state index < -0.39 is 0 Å². The summed E-state index contributed by atoms with van der Waals surface area (Å²) in [5.74, 6) is 0. The Morgan fingerprint density at radius 3 is 0.982 bits per heavy atom. The average Bonchev–Trinajstić information content (AvgIpc) is 0.811. The van der Waals surface area contributed by atoms with Crippen LogP contribution in [0.2, 0.25) is 0 Å². The van der Waals surface area contributed by atoms with Gasteiger partial charge in [-0.15, -0.1) is 0 Å².